The first-order valence-electron chi connectivity index (χ1n) is 9.27. The highest BCUT2D eigenvalue weighted by Gasteiger charge is 2.30. The number of carbonyl (C=O) groups is 1. The van der Waals surface area contributed by atoms with E-state index in [-0.39, 0.29) is 12.3 Å². The van der Waals surface area contributed by atoms with Gasteiger partial charge < -0.3 is 20.7 Å². The molecular weight excluding hydrogens is 409 g/mol. The van der Waals surface area contributed by atoms with E-state index in [4.69, 9.17) is 0 Å². The maximum atomic E-state index is 12.6. The van der Waals surface area contributed by atoms with Gasteiger partial charge in [-0.15, -0.1) is 0 Å². The molecule has 0 aliphatic rings. The van der Waals surface area contributed by atoms with Crippen LogP contribution in [0, 0.1) is 0 Å². The molecule has 4 rings (SSSR count). The van der Waals surface area contributed by atoms with Gasteiger partial charge in [0.1, 0.15) is 5.65 Å². The molecule has 31 heavy (non-hydrogen) atoms. The average molecular weight is 426 g/mol. The zero-order valence-electron chi connectivity index (χ0n) is 16.0. The maximum Gasteiger partial charge on any atom is 0.416 e. The molecule has 0 unspecified atom stereocenters. The van der Waals surface area contributed by atoms with Crippen LogP contribution in [0.2, 0.25) is 0 Å². The predicted molar refractivity (Wildman–Crippen MR) is 112 cm³/mol. The number of aromatic amines is 1. The Bertz CT molecular complexity index is 1230. The van der Waals surface area contributed by atoms with Gasteiger partial charge in [-0.05, 0) is 48.0 Å². The number of aromatic nitrogens is 2. The summed E-state index contributed by atoms with van der Waals surface area (Å²) in [7, 11) is 0. The van der Waals surface area contributed by atoms with Crippen molar-refractivity contribution in [1.29, 1.82) is 0 Å². The largest absolute Gasteiger partial charge is 0.416 e. The van der Waals surface area contributed by atoms with Gasteiger partial charge >= 0.3 is 12.2 Å². The number of aliphatic hydroxyl groups excluding tert-OH is 1. The van der Waals surface area contributed by atoms with Crippen LogP contribution >= 0.6 is 0 Å². The minimum absolute atomic E-state index is 0.0688. The molecule has 4 aromatic rings. The van der Waals surface area contributed by atoms with Crippen molar-refractivity contribution >= 4 is 28.4 Å². The normalized spacial score (nSPS) is 11.5. The van der Waals surface area contributed by atoms with E-state index in [1.54, 1.807) is 18.3 Å². The third-order valence-electron chi connectivity index (χ3n) is 4.66. The molecule has 2 amide bonds. The van der Waals surface area contributed by atoms with Crippen molar-refractivity contribution in [3.8, 4) is 11.3 Å². The van der Waals surface area contributed by atoms with E-state index in [0.29, 0.717) is 22.4 Å². The minimum atomic E-state index is -4.43. The van der Waals surface area contributed by atoms with Gasteiger partial charge in [0.2, 0.25) is 0 Å². The number of nitrogens with zero attached hydrogens (tertiary/aromatic N) is 1. The Morgan fingerprint density at radius 3 is 2.52 bits per heavy atom. The van der Waals surface area contributed by atoms with Gasteiger partial charge in [0.05, 0.1) is 23.6 Å². The monoisotopic (exact) mass is 426 g/mol. The molecule has 0 aliphatic heterocycles. The topological polar surface area (TPSA) is 90.0 Å². The van der Waals surface area contributed by atoms with E-state index in [1.807, 2.05) is 24.3 Å². The standard InChI is InChI=1S/C22H17F3N4O2/c23-22(24,25)15-4-6-16(7-5-15)27-21(31)29-19-11-26-20-17(19)8-9-18(28-20)14-3-1-2-13(10-14)12-30/h1-11,30H,12H2,(H,26,28)(H2,27,29,31). The number of anilines is 2. The van der Waals surface area contributed by atoms with E-state index >= 15 is 0 Å². The van der Waals surface area contributed by atoms with Crippen LogP contribution < -0.4 is 10.6 Å². The number of urea groups is 1. The van der Waals surface area contributed by atoms with E-state index in [2.05, 4.69) is 20.6 Å². The van der Waals surface area contributed by atoms with E-state index in [0.717, 1.165) is 23.3 Å². The number of carbonyl (C=O) groups excluding carboxylic acids is 1. The average Bonchev–Trinajstić information content (AvgIpc) is 3.15. The van der Waals surface area contributed by atoms with Crippen molar-refractivity contribution in [3.05, 3.63) is 78.0 Å². The SMILES string of the molecule is O=C(Nc1ccc(C(F)(F)F)cc1)Nc1c[nH]c2nc(-c3cccc(CO)c3)ccc12. The number of fused-ring (bicyclic) bond motifs is 1. The smallest absolute Gasteiger partial charge is 0.392 e. The van der Waals surface area contributed by atoms with Gasteiger partial charge in [0.25, 0.3) is 0 Å². The van der Waals surface area contributed by atoms with Crippen LogP contribution in [0.3, 0.4) is 0 Å². The number of hydrogen-bond acceptors (Lipinski definition) is 3. The van der Waals surface area contributed by atoms with Crippen molar-refractivity contribution in [2.75, 3.05) is 10.6 Å². The van der Waals surface area contributed by atoms with Crippen LogP contribution in [0.4, 0.5) is 29.3 Å². The summed E-state index contributed by atoms with van der Waals surface area (Å²) in [4.78, 5) is 19.8. The molecule has 158 valence electrons. The summed E-state index contributed by atoms with van der Waals surface area (Å²) < 4.78 is 37.9. The summed E-state index contributed by atoms with van der Waals surface area (Å²) in [6, 6.07) is 14.5. The molecule has 0 atom stereocenters. The number of rotatable bonds is 4. The van der Waals surface area contributed by atoms with Crippen LogP contribution in [0.5, 0.6) is 0 Å². The Kier molecular flexibility index (Phi) is 5.35. The number of aliphatic hydroxyl groups is 1. The summed E-state index contributed by atoms with van der Waals surface area (Å²) in [5.41, 5.74) is 2.78. The number of nitrogens with one attached hydrogen (secondary N) is 3. The van der Waals surface area contributed by atoms with Gasteiger partial charge in [-0.25, -0.2) is 9.78 Å². The fourth-order valence-electron chi connectivity index (χ4n) is 3.13. The molecule has 0 fully saturated rings. The molecule has 0 aliphatic carbocycles. The maximum absolute atomic E-state index is 12.6. The first-order valence-corrected chi connectivity index (χ1v) is 9.27. The second-order valence-electron chi connectivity index (χ2n) is 6.81. The van der Waals surface area contributed by atoms with Crippen LogP contribution in [0.1, 0.15) is 11.1 Å². The van der Waals surface area contributed by atoms with Gasteiger partial charge in [-0.2, -0.15) is 13.2 Å². The molecule has 6 nitrogen and oxygen atoms in total. The second kappa shape index (κ2) is 8.11. The Labute approximate surface area is 174 Å². The van der Waals surface area contributed by atoms with Crippen LogP contribution in [0.15, 0.2) is 66.9 Å². The summed E-state index contributed by atoms with van der Waals surface area (Å²) in [5.74, 6) is 0. The van der Waals surface area contributed by atoms with Gasteiger partial charge in [-0.3, -0.25) is 0 Å². The highest BCUT2D eigenvalue weighted by Crippen LogP contribution is 2.30. The van der Waals surface area contributed by atoms with Crippen LogP contribution in [-0.4, -0.2) is 21.1 Å². The van der Waals surface area contributed by atoms with Gasteiger partial charge in [0.15, 0.2) is 0 Å². The van der Waals surface area contributed by atoms with E-state index in [1.165, 1.54) is 12.1 Å². The lowest BCUT2D eigenvalue weighted by Crippen LogP contribution is -2.19. The van der Waals surface area contributed by atoms with Crippen LogP contribution in [0.25, 0.3) is 22.3 Å². The summed E-state index contributed by atoms with van der Waals surface area (Å²) >= 11 is 0. The highest BCUT2D eigenvalue weighted by molar-refractivity contribution is 6.05. The third-order valence-corrected chi connectivity index (χ3v) is 4.66. The highest BCUT2D eigenvalue weighted by atomic mass is 19.4. The minimum Gasteiger partial charge on any atom is -0.392 e. The second-order valence-corrected chi connectivity index (χ2v) is 6.81. The zero-order valence-corrected chi connectivity index (χ0v) is 16.0. The number of alkyl halides is 3. The number of H-pyrrole nitrogens is 1. The van der Waals surface area contributed by atoms with Crippen molar-refractivity contribution in [2.45, 2.75) is 12.8 Å². The molecule has 0 saturated heterocycles. The Morgan fingerprint density at radius 1 is 1.03 bits per heavy atom. The number of pyridine rings is 1. The summed E-state index contributed by atoms with van der Waals surface area (Å²) in [6.07, 6.45) is -2.85. The third kappa shape index (κ3) is 4.51. The molecule has 2 heterocycles. The summed E-state index contributed by atoms with van der Waals surface area (Å²) in [5, 5.41) is 15.1. The lowest BCUT2D eigenvalue weighted by Gasteiger charge is -2.09. The van der Waals surface area contributed by atoms with Crippen molar-refractivity contribution < 1.29 is 23.1 Å². The molecule has 0 spiro atoms. The Morgan fingerprint density at radius 2 is 1.81 bits per heavy atom. The molecule has 0 radical (unpaired) electrons. The molecule has 4 N–H and O–H groups in total. The lowest BCUT2D eigenvalue weighted by molar-refractivity contribution is -0.137. The number of hydrogen-bond donors (Lipinski definition) is 4. The molecule has 0 bridgehead atoms. The Hall–Kier alpha value is -3.85. The first-order chi connectivity index (χ1) is 14.8. The number of benzene rings is 2. The summed E-state index contributed by atoms with van der Waals surface area (Å²) in [6.45, 7) is -0.0688. The molecule has 2 aromatic carbocycles. The van der Waals surface area contributed by atoms with Crippen LogP contribution in [-0.2, 0) is 12.8 Å². The molecular formula is C22H17F3N4O2. The van der Waals surface area contributed by atoms with Crippen molar-refractivity contribution in [2.24, 2.45) is 0 Å². The Balaban J connectivity index is 1.49. The predicted octanol–water partition coefficient (Wildman–Crippen LogP) is 5.39. The fraction of sp³-hybridized carbons (Fsp3) is 0.0909. The number of amides is 2. The van der Waals surface area contributed by atoms with E-state index < -0.39 is 17.8 Å². The fourth-order valence-corrected chi connectivity index (χ4v) is 3.13. The quantitative estimate of drug-likeness (QED) is 0.353. The van der Waals surface area contributed by atoms with Gasteiger partial charge in [-0.1, -0.05) is 18.2 Å². The molecule has 9 heteroatoms. The van der Waals surface area contributed by atoms with Gasteiger partial charge in [0, 0.05) is 22.8 Å². The van der Waals surface area contributed by atoms with E-state index in [9.17, 15) is 23.1 Å². The zero-order chi connectivity index (χ0) is 22.0. The first kappa shape index (κ1) is 20.4. The van der Waals surface area contributed by atoms with Crippen molar-refractivity contribution in [1.82, 2.24) is 9.97 Å². The molecule has 2 aromatic heterocycles. The number of halogens is 3. The van der Waals surface area contributed by atoms with Crippen molar-refractivity contribution in [3.63, 3.8) is 0 Å². The lowest BCUT2D eigenvalue weighted by atomic mass is 10.1. The molecule has 0 saturated carbocycles.